The fourth-order valence-corrected chi connectivity index (χ4v) is 4.37. The molecule has 2 N–H and O–H groups in total. The number of benzene rings is 1. The van der Waals surface area contributed by atoms with Crippen LogP contribution >= 0.6 is 0 Å². The molecule has 6 nitrogen and oxygen atoms in total. The zero-order valence-electron chi connectivity index (χ0n) is 12.5. The molecule has 0 aromatic heterocycles. The molecule has 7 heteroatoms. The first kappa shape index (κ1) is 16.5. The molecular weight excluding hydrogens is 304 g/mol. The van der Waals surface area contributed by atoms with Gasteiger partial charge in [0.1, 0.15) is 0 Å². The normalized spacial score (nSPS) is 20.1. The van der Waals surface area contributed by atoms with Crippen molar-refractivity contribution in [2.75, 3.05) is 22.1 Å². The topological polar surface area (TPSA) is 92.3 Å². The van der Waals surface area contributed by atoms with Crippen LogP contribution in [0.25, 0.3) is 0 Å². The molecule has 22 heavy (non-hydrogen) atoms. The Balaban J connectivity index is 1.87. The van der Waals surface area contributed by atoms with Gasteiger partial charge >= 0.3 is 0 Å². The van der Waals surface area contributed by atoms with Gasteiger partial charge in [-0.3, -0.25) is 9.59 Å². The van der Waals surface area contributed by atoms with Crippen LogP contribution in [0.2, 0.25) is 0 Å². The Morgan fingerprint density at radius 2 is 1.73 bits per heavy atom. The van der Waals surface area contributed by atoms with E-state index in [0.29, 0.717) is 17.8 Å². The maximum Gasteiger partial charge on any atom is 0.224 e. The third-order valence-electron chi connectivity index (χ3n) is 3.52. The van der Waals surface area contributed by atoms with Gasteiger partial charge in [0.2, 0.25) is 11.8 Å². The van der Waals surface area contributed by atoms with Gasteiger partial charge in [0.05, 0.1) is 11.5 Å². The third kappa shape index (κ3) is 5.14. The minimum Gasteiger partial charge on any atom is -0.326 e. The standard InChI is InChI=1S/C15H20N2O4S/c1-11(18)16-13-4-6-14(7-5-13)17-15(19)9-12-3-2-8-22(20,21)10-12/h4-7,12H,2-3,8-10H2,1H3,(H,16,18)(H,17,19). The van der Waals surface area contributed by atoms with Gasteiger partial charge in [-0.1, -0.05) is 0 Å². The minimum absolute atomic E-state index is 0.0991. The van der Waals surface area contributed by atoms with E-state index in [9.17, 15) is 18.0 Å². The number of hydrogen-bond acceptors (Lipinski definition) is 4. The SMILES string of the molecule is CC(=O)Nc1ccc(NC(=O)CC2CCCS(=O)(=O)C2)cc1. The zero-order chi connectivity index (χ0) is 16.2. The number of rotatable bonds is 4. The summed E-state index contributed by atoms with van der Waals surface area (Å²) in [4.78, 5) is 22.9. The summed E-state index contributed by atoms with van der Waals surface area (Å²) >= 11 is 0. The molecule has 2 amide bonds. The summed E-state index contributed by atoms with van der Waals surface area (Å²) in [6.45, 7) is 1.42. The smallest absolute Gasteiger partial charge is 0.224 e. The lowest BCUT2D eigenvalue weighted by molar-refractivity contribution is -0.117. The highest BCUT2D eigenvalue weighted by Crippen LogP contribution is 2.22. The first-order valence-electron chi connectivity index (χ1n) is 7.22. The van der Waals surface area contributed by atoms with Crippen LogP contribution in [-0.4, -0.2) is 31.7 Å². The van der Waals surface area contributed by atoms with E-state index < -0.39 is 9.84 Å². The van der Waals surface area contributed by atoms with Crippen molar-refractivity contribution in [2.24, 2.45) is 5.92 Å². The lowest BCUT2D eigenvalue weighted by Gasteiger charge is -2.21. The van der Waals surface area contributed by atoms with E-state index in [2.05, 4.69) is 10.6 Å². The maximum atomic E-state index is 12.0. The van der Waals surface area contributed by atoms with Crippen LogP contribution in [0.1, 0.15) is 26.2 Å². The predicted molar refractivity (Wildman–Crippen MR) is 85.4 cm³/mol. The molecule has 1 aromatic rings. The van der Waals surface area contributed by atoms with Crippen molar-refractivity contribution < 1.29 is 18.0 Å². The lowest BCUT2D eigenvalue weighted by atomic mass is 10.0. The molecule has 1 fully saturated rings. The van der Waals surface area contributed by atoms with Crippen LogP contribution in [-0.2, 0) is 19.4 Å². The van der Waals surface area contributed by atoms with Crippen molar-refractivity contribution in [3.8, 4) is 0 Å². The van der Waals surface area contributed by atoms with E-state index in [4.69, 9.17) is 0 Å². The first-order valence-corrected chi connectivity index (χ1v) is 9.04. The summed E-state index contributed by atoms with van der Waals surface area (Å²) in [7, 11) is -2.99. The number of nitrogens with one attached hydrogen (secondary N) is 2. The average Bonchev–Trinajstić information content (AvgIpc) is 2.39. The molecule has 1 aromatic carbocycles. The van der Waals surface area contributed by atoms with E-state index in [1.165, 1.54) is 6.92 Å². The summed E-state index contributed by atoms with van der Waals surface area (Å²) in [5.41, 5.74) is 1.28. The van der Waals surface area contributed by atoms with Crippen LogP contribution < -0.4 is 10.6 Å². The molecule has 120 valence electrons. The molecule has 0 spiro atoms. The van der Waals surface area contributed by atoms with Crippen molar-refractivity contribution in [3.05, 3.63) is 24.3 Å². The Hall–Kier alpha value is -1.89. The summed E-state index contributed by atoms with van der Waals surface area (Å²) in [5, 5.41) is 5.39. The van der Waals surface area contributed by atoms with E-state index in [-0.39, 0.29) is 35.7 Å². The van der Waals surface area contributed by atoms with Crippen LogP contribution in [0.3, 0.4) is 0 Å². The Labute approximate surface area is 130 Å². The Morgan fingerprint density at radius 3 is 2.27 bits per heavy atom. The van der Waals surface area contributed by atoms with E-state index >= 15 is 0 Å². The summed E-state index contributed by atoms with van der Waals surface area (Å²) in [6, 6.07) is 6.78. The highest BCUT2D eigenvalue weighted by Gasteiger charge is 2.26. The minimum atomic E-state index is -2.99. The van der Waals surface area contributed by atoms with E-state index in [1.807, 2.05) is 0 Å². The van der Waals surface area contributed by atoms with Gasteiger partial charge in [-0.05, 0) is 43.0 Å². The lowest BCUT2D eigenvalue weighted by Crippen LogP contribution is -2.28. The van der Waals surface area contributed by atoms with Crippen molar-refractivity contribution in [1.82, 2.24) is 0 Å². The van der Waals surface area contributed by atoms with Crippen molar-refractivity contribution >= 4 is 33.0 Å². The molecule has 1 unspecified atom stereocenters. The van der Waals surface area contributed by atoms with Crippen molar-refractivity contribution in [3.63, 3.8) is 0 Å². The number of carbonyl (C=O) groups excluding carboxylic acids is 2. The summed E-state index contributed by atoms with van der Waals surface area (Å²) in [5.74, 6) is -0.112. The number of anilines is 2. The van der Waals surface area contributed by atoms with Crippen LogP contribution in [0, 0.1) is 5.92 Å². The number of sulfone groups is 1. The molecule has 1 aliphatic heterocycles. The van der Waals surface area contributed by atoms with Gasteiger partial charge in [-0.2, -0.15) is 0 Å². The molecule has 1 saturated heterocycles. The second-order valence-electron chi connectivity index (χ2n) is 5.63. The molecule has 0 bridgehead atoms. The van der Waals surface area contributed by atoms with Crippen molar-refractivity contribution in [1.29, 1.82) is 0 Å². The molecule has 0 aliphatic carbocycles. The van der Waals surface area contributed by atoms with Gasteiger partial charge in [0.15, 0.2) is 9.84 Å². The molecule has 0 radical (unpaired) electrons. The van der Waals surface area contributed by atoms with Crippen LogP contribution in [0.5, 0.6) is 0 Å². The molecule has 1 heterocycles. The van der Waals surface area contributed by atoms with Gasteiger partial charge in [0.25, 0.3) is 0 Å². The maximum absolute atomic E-state index is 12.0. The van der Waals surface area contributed by atoms with Gasteiger partial charge in [-0.15, -0.1) is 0 Å². The van der Waals surface area contributed by atoms with Gasteiger partial charge in [0, 0.05) is 24.7 Å². The predicted octanol–water partition coefficient (Wildman–Crippen LogP) is 1.80. The number of carbonyl (C=O) groups is 2. The van der Waals surface area contributed by atoms with Crippen LogP contribution in [0.15, 0.2) is 24.3 Å². The van der Waals surface area contributed by atoms with E-state index in [0.717, 1.165) is 6.42 Å². The zero-order valence-corrected chi connectivity index (χ0v) is 13.3. The Bertz CT molecular complexity index is 653. The molecule has 1 atom stereocenters. The third-order valence-corrected chi connectivity index (χ3v) is 5.41. The number of amides is 2. The van der Waals surface area contributed by atoms with Crippen LogP contribution in [0.4, 0.5) is 11.4 Å². The first-order chi connectivity index (χ1) is 10.3. The summed E-state index contributed by atoms with van der Waals surface area (Å²) < 4.78 is 23.1. The second kappa shape index (κ2) is 6.91. The Kier molecular flexibility index (Phi) is 5.18. The average molecular weight is 324 g/mol. The quantitative estimate of drug-likeness (QED) is 0.883. The highest BCUT2D eigenvalue weighted by atomic mass is 32.2. The second-order valence-corrected chi connectivity index (χ2v) is 7.86. The fourth-order valence-electron chi connectivity index (χ4n) is 2.59. The molecular formula is C15H20N2O4S. The fraction of sp³-hybridized carbons (Fsp3) is 0.467. The summed E-state index contributed by atoms with van der Waals surface area (Å²) in [6.07, 6.45) is 1.62. The largest absolute Gasteiger partial charge is 0.326 e. The Morgan fingerprint density at radius 1 is 1.14 bits per heavy atom. The molecule has 1 aliphatic rings. The molecule has 2 rings (SSSR count). The monoisotopic (exact) mass is 324 g/mol. The van der Waals surface area contributed by atoms with E-state index in [1.54, 1.807) is 24.3 Å². The van der Waals surface area contributed by atoms with Gasteiger partial charge < -0.3 is 10.6 Å². The molecule has 0 saturated carbocycles. The van der Waals surface area contributed by atoms with Gasteiger partial charge in [-0.25, -0.2) is 8.42 Å². The van der Waals surface area contributed by atoms with Crippen molar-refractivity contribution in [2.45, 2.75) is 26.2 Å². The highest BCUT2D eigenvalue weighted by molar-refractivity contribution is 7.91. The number of hydrogen-bond donors (Lipinski definition) is 2.